The van der Waals surface area contributed by atoms with Crippen LogP contribution in [0.5, 0.6) is 0 Å². The van der Waals surface area contributed by atoms with E-state index >= 15 is 0 Å². The molecule has 5 N–H and O–H groups in total. The van der Waals surface area contributed by atoms with Gasteiger partial charge < -0.3 is 16.4 Å². The molecule has 110 valence electrons. The molecular weight excluding hydrogens is 288 g/mol. The number of benzene rings is 2. The summed E-state index contributed by atoms with van der Waals surface area (Å²) in [5, 5.41) is 21.2. The van der Waals surface area contributed by atoms with Gasteiger partial charge in [-0.05, 0) is 48.5 Å². The molecule has 6 nitrogen and oxygen atoms in total. The fraction of sp³-hybridized carbons (Fsp3) is 0.0714. The van der Waals surface area contributed by atoms with Gasteiger partial charge in [0.05, 0.1) is 11.4 Å². The smallest absolute Gasteiger partial charge is 0.190 e. The Morgan fingerprint density at radius 1 is 0.905 bits per heavy atom. The zero-order chi connectivity index (χ0) is 14.4. The van der Waals surface area contributed by atoms with Crippen LogP contribution < -0.4 is 16.4 Å². The predicted molar refractivity (Wildman–Crippen MR) is 89.4 cm³/mol. The highest BCUT2D eigenvalue weighted by molar-refractivity contribution is 5.89. The molecule has 7 heteroatoms. The van der Waals surface area contributed by atoms with Gasteiger partial charge in [0.2, 0.25) is 0 Å². The van der Waals surface area contributed by atoms with Gasteiger partial charge >= 0.3 is 0 Å². The molecule has 0 fully saturated rings. The van der Waals surface area contributed by atoms with Crippen LogP contribution in [-0.2, 0) is 0 Å². The lowest BCUT2D eigenvalue weighted by Crippen LogP contribution is -2.20. The largest absolute Gasteiger partial charge is 0.388 e. The van der Waals surface area contributed by atoms with E-state index in [4.69, 9.17) is 11.1 Å². The number of nitrogens with zero attached hydrogens (tertiary/aromatic N) is 2. The molecule has 0 aromatic heterocycles. The van der Waals surface area contributed by atoms with E-state index in [1.807, 2.05) is 31.3 Å². The Morgan fingerprint density at radius 2 is 1.33 bits per heavy atom. The summed E-state index contributed by atoms with van der Waals surface area (Å²) >= 11 is 0. The molecule has 0 aliphatic rings. The average Bonchev–Trinajstić information content (AvgIpc) is 2.46. The Balaban J connectivity index is 0.00000220. The van der Waals surface area contributed by atoms with Crippen LogP contribution in [0.2, 0.25) is 0 Å². The maximum Gasteiger partial charge on any atom is 0.190 e. The van der Waals surface area contributed by atoms with E-state index in [2.05, 4.69) is 20.9 Å². The van der Waals surface area contributed by atoms with Gasteiger partial charge in [-0.25, -0.2) is 0 Å². The highest BCUT2D eigenvalue weighted by Crippen LogP contribution is 2.21. The fourth-order valence-electron chi connectivity index (χ4n) is 1.58. The van der Waals surface area contributed by atoms with Crippen LogP contribution in [0, 0.1) is 5.41 Å². The van der Waals surface area contributed by atoms with Crippen LogP contribution >= 0.6 is 12.4 Å². The molecule has 2 rings (SSSR count). The molecule has 0 bridgehead atoms. The number of nitrogens with two attached hydrogens (primary N) is 1. The van der Waals surface area contributed by atoms with Crippen molar-refractivity contribution in [2.75, 3.05) is 17.7 Å². The van der Waals surface area contributed by atoms with E-state index in [0.29, 0.717) is 0 Å². The first-order chi connectivity index (χ1) is 9.67. The van der Waals surface area contributed by atoms with Crippen molar-refractivity contribution in [3.8, 4) is 0 Å². The quantitative estimate of drug-likeness (QED) is 0.392. The van der Waals surface area contributed by atoms with E-state index in [0.717, 1.165) is 22.7 Å². The van der Waals surface area contributed by atoms with Crippen LogP contribution in [0.3, 0.4) is 0 Å². The third kappa shape index (κ3) is 5.12. The zero-order valence-corrected chi connectivity index (χ0v) is 12.3. The van der Waals surface area contributed by atoms with Crippen LogP contribution in [0.15, 0.2) is 58.8 Å². The predicted octanol–water partition coefficient (Wildman–Crippen LogP) is 3.87. The Labute approximate surface area is 129 Å². The Bertz CT molecular complexity index is 606. The van der Waals surface area contributed by atoms with Crippen LogP contribution in [0.4, 0.5) is 22.7 Å². The van der Waals surface area contributed by atoms with E-state index in [-0.39, 0.29) is 18.4 Å². The molecule has 21 heavy (non-hydrogen) atoms. The third-order valence-electron chi connectivity index (χ3n) is 2.58. The summed E-state index contributed by atoms with van der Waals surface area (Å²) in [6.07, 6.45) is 0. The summed E-state index contributed by atoms with van der Waals surface area (Å²) in [6.45, 7) is 0. The molecule has 2 aromatic rings. The van der Waals surface area contributed by atoms with E-state index in [1.165, 1.54) is 0 Å². The Hall–Kier alpha value is -2.60. The highest BCUT2D eigenvalue weighted by atomic mass is 35.5. The number of nitrogens with one attached hydrogen (secondary N) is 3. The van der Waals surface area contributed by atoms with Crippen LogP contribution in [0.1, 0.15) is 0 Å². The van der Waals surface area contributed by atoms with Gasteiger partial charge in [0, 0.05) is 18.4 Å². The van der Waals surface area contributed by atoms with E-state index < -0.39 is 0 Å². The monoisotopic (exact) mass is 304 g/mol. The molecule has 0 amide bonds. The van der Waals surface area contributed by atoms with Gasteiger partial charge in [-0.3, -0.25) is 5.41 Å². The molecule has 0 saturated heterocycles. The summed E-state index contributed by atoms with van der Waals surface area (Å²) in [5.74, 6) is -0.0935. The van der Waals surface area contributed by atoms with Crippen LogP contribution in [-0.4, -0.2) is 13.0 Å². The van der Waals surface area contributed by atoms with Crippen molar-refractivity contribution in [3.05, 3.63) is 48.5 Å². The zero-order valence-electron chi connectivity index (χ0n) is 11.5. The number of halogens is 1. The number of hydrogen-bond acceptors (Lipinski definition) is 4. The molecule has 0 heterocycles. The average molecular weight is 305 g/mol. The van der Waals surface area contributed by atoms with E-state index in [9.17, 15) is 0 Å². The van der Waals surface area contributed by atoms with Gasteiger partial charge in [-0.15, -0.1) is 12.4 Å². The third-order valence-corrected chi connectivity index (χ3v) is 2.58. The maximum atomic E-state index is 7.13. The molecule has 0 saturated carbocycles. The van der Waals surface area contributed by atoms with Crippen LogP contribution in [0.25, 0.3) is 0 Å². The van der Waals surface area contributed by atoms with Crippen molar-refractivity contribution in [2.45, 2.75) is 0 Å². The Kier molecular flexibility index (Phi) is 6.16. The lowest BCUT2D eigenvalue weighted by molar-refractivity contribution is 1.23. The molecule has 0 unspecified atom stereocenters. The number of azo groups is 1. The maximum absolute atomic E-state index is 7.13. The minimum Gasteiger partial charge on any atom is -0.388 e. The number of hydrogen-bond donors (Lipinski definition) is 4. The first kappa shape index (κ1) is 16.5. The first-order valence-electron chi connectivity index (χ1n) is 6.08. The molecule has 0 radical (unpaired) electrons. The standard InChI is InChI=1S/C14H16N6.ClH/c1-17-10-2-6-12(7-3-10)19-20-13-8-4-11(5-9-13)18-14(15)16;/h2-9,17H,1H3,(H4,15,16,18);1H. The molecular formula is C14H17ClN6. The van der Waals surface area contributed by atoms with Crippen molar-refractivity contribution in [3.63, 3.8) is 0 Å². The molecule has 0 aliphatic heterocycles. The molecule has 0 aliphatic carbocycles. The number of rotatable bonds is 4. The van der Waals surface area contributed by atoms with Crippen molar-refractivity contribution < 1.29 is 0 Å². The number of anilines is 2. The van der Waals surface area contributed by atoms with Crippen molar-refractivity contribution >= 4 is 41.1 Å². The highest BCUT2D eigenvalue weighted by Gasteiger charge is 1.95. The topological polar surface area (TPSA) is 98.6 Å². The molecule has 0 atom stereocenters. The SMILES string of the molecule is CNc1ccc(N=Nc2ccc(NC(=N)N)cc2)cc1.Cl. The lowest BCUT2D eigenvalue weighted by atomic mass is 10.3. The fourth-order valence-corrected chi connectivity index (χ4v) is 1.58. The van der Waals surface area contributed by atoms with Crippen molar-refractivity contribution in [2.24, 2.45) is 16.0 Å². The minimum atomic E-state index is -0.0935. The summed E-state index contributed by atoms with van der Waals surface area (Å²) in [4.78, 5) is 0. The summed E-state index contributed by atoms with van der Waals surface area (Å²) in [6, 6.07) is 14.8. The van der Waals surface area contributed by atoms with Gasteiger partial charge in [-0.2, -0.15) is 10.2 Å². The second kappa shape index (κ2) is 7.86. The summed E-state index contributed by atoms with van der Waals surface area (Å²) in [5.41, 5.74) is 8.54. The second-order valence-corrected chi connectivity index (χ2v) is 4.08. The first-order valence-corrected chi connectivity index (χ1v) is 6.08. The van der Waals surface area contributed by atoms with Gasteiger partial charge in [-0.1, -0.05) is 0 Å². The molecule has 0 spiro atoms. The second-order valence-electron chi connectivity index (χ2n) is 4.08. The van der Waals surface area contributed by atoms with Crippen molar-refractivity contribution in [1.29, 1.82) is 5.41 Å². The minimum absolute atomic E-state index is 0. The van der Waals surface area contributed by atoms with Gasteiger partial charge in [0.1, 0.15) is 0 Å². The molecule has 2 aromatic carbocycles. The van der Waals surface area contributed by atoms with E-state index in [1.54, 1.807) is 24.3 Å². The number of guanidine groups is 1. The van der Waals surface area contributed by atoms with Crippen molar-refractivity contribution in [1.82, 2.24) is 0 Å². The Morgan fingerprint density at radius 3 is 1.71 bits per heavy atom. The van der Waals surface area contributed by atoms with Gasteiger partial charge in [0.25, 0.3) is 0 Å². The normalized spacial score (nSPS) is 9.95. The van der Waals surface area contributed by atoms with Gasteiger partial charge in [0.15, 0.2) is 5.96 Å². The lowest BCUT2D eigenvalue weighted by Gasteiger charge is -2.02. The summed E-state index contributed by atoms with van der Waals surface area (Å²) in [7, 11) is 1.87. The summed E-state index contributed by atoms with van der Waals surface area (Å²) < 4.78 is 0.